The van der Waals surface area contributed by atoms with Crippen molar-refractivity contribution in [3.63, 3.8) is 0 Å². The molecule has 3 aromatic rings. The second-order valence-corrected chi connectivity index (χ2v) is 7.81. The van der Waals surface area contributed by atoms with Gasteiger partial charge in [-0.25, -0.2) is 4.79 Å². The summed E-state index contributed by atoms with van der Waals surface area (Å²) < 4.78 is 7.26. The fourth-order valence-electron chi connectivity index (χ4n) is 3.39. The van der Waals surface area contributed by atoms with Crippen LogP contribution in [0.4, 0.5) is 0 Å². The lowest BCUT2D eigenvalue weighted by atomic mass is 10.1. The molecule has 6 heteroatoms. The molecule has 0 radical (unpaired) electrons. The van der Waals surface area contributed by atoms with Crippen LogP contribution in [0, 0.1) is 20.8 Å². The van der Waals surface area contributed by atoms with Crippen molar-refractivity contribution in [2.45, 2.75) is 33.7 Å². The number of nitrogens with one attached hydrogen (secondary N) is 1. The van der Waals surface area contributed by atoms with E-state index in [9.17, 15) is 9.59 Å². The Morgan fingerprint density at radius 2 is 1.67 bits per heavy atom. The first-order valence-electron chi connectivity index (χ1n) is 9.74. The smallest absolute Gasteiger partial charge is 0.340 e. The lowest BCUT2D eigenvalue weighted by molar-refractivity contribution is -0.124. The van der Waals surface area contributed by atoms with E-state index >= 15 is 0 Å². The molecule has 0 bridgehead atoms. The summed E-state index contributed by atoms with van der Waals surface area (Å²) in [5, 5.41) is 3.45. The number of aryl methyl sites for hydroxylation is 2. The zero-order chi connectivity index (χ0) is 21.8. The molecule has 0 unspecified atom stereocenters. The Morgan fingerprint density at radius 3 is 2.30 bits per heavy atom. The highest BCUT2D eigenvalue weighted by atomic mass is 35.5. The minimum atomic E-state index is -0.518. The number of hydrogen-bond donors (Lipinski definition) is 1. The number of aromatic nitrogens is 1. The zero-order valence-electron chi connectivity index (χ0n) is 17.5. The van der Waals surface area contributed by atoms with E-state index < -0.39 is 5.97 Å². The van der Waals surface area contributed by atoms with Crippen molar-refractivity contribution < 1.29 is 14.3 Å². The summed E-state index contributed by atoms with van der Waals surface area (Å²) in [6.07, 6.45) is 0. The molecular formula is C24H25ClN2O3. The SMILES string of the molecule is Cc1ccc(-n2c(C)cc(C(=O)OCC(=O)N[C@@H](C)c3ccc(Cl)cc3)c2C)cc1. The van der Waals surface area contributed by atoms with Crippen LogP contribution in [-0.2, 0) is 9.53 Å². The normalized spacial score (nSPS) is 11.8. The number of carbonyl (C=O) groups is 2. The molecule has 0 spiro atoms. The summed E-state index contributed by atoms with van der Waals surface area (Å²) in [5.41, 5.74) is 5.21. The maximum absolute atomic E-state index is 12.6. The average molecular weight is 425 g/mol. The van der Waals surface area contributed by atoms with E-state index in [4.69, 9.17) is 16.3 Å². The van der Waals surface area contributed by atoms with E-state index in [1.165, 1.54) is 5.56 Å². The van der Waals surface area contributed by atoms with Crippen LogP contribution in [0.1, 0.15) is 45.8 Å². The van der Waals surface area contributed by atoms with Crippen LogP contribution < -0.4 is 5.32 Å². The number of benzene rings is 2. The Morgan fingerprint density at radius 1 is 1.03 bits per heavy atom. The van der Waals surface area contributed by atoms with Crippen molar-refractivity contribution >= 4 is 23.5 Å². The van der Waals surface area contributed by atoms with E-state index in [0.29, 0.717) is 10.6 Å². The van der Waals surface area contributed by atoms with Crippen LogP contribution in [0.3, 0.4) is 0 Å². The van der Waals surface area contributed by atoms with Crippen molar-refractivity contribution in [1.29, 1.82) is 0 Å². The highest BCUT2D eigenvalue weighted by Crippen LogP contribution is 2.22. The largest absolute Gasteiger partial charge is 0.452 e. The van der Waals surface area contributed by atoms with Gasteiger partial charge in [-0.15, -0.1) is 0 Å². The maximum Gasteiger partial charge on any atom is 0.340 e. The Balaban J connectivity index is 1.63. The monoisotopic (exact) mass is 424 g/mol. The van der Waals surface area contributed by atoms with E-state index in [2.05, 4.69) is 5.32 Å². The number of rotatable bonds is 6. The van der Waals surface area contributed by atoms with E-state index in [1.807, 2.05) is 68.7 Å². The molecule has 0 saturated carbocycles. The molecule has 1 atom stereocenters. The molecule has 1 heterocycles. The molecule has 3 rings (SSSR count). The van der Waals surface area contributed by atoms with Crippen LogP contribution in [0.2, 0.25) is 5.02 Å². The van der Waals surface area contributed by atoms with E-state index in [0.717, 1.165) is 22.6 Å². The highest BCUT2D eigenvalue weighted by molar-refractivity contribution is 6.30. The van der Waals surface area contributed by atoms with Gasteiger partial charge in [0.1, 0.15) is 0 Å². The molecule has 2 aromatic carbocycles. The number of esters is 1. The van der Waals surface area contributed by atoms with Crippen LogP contribution in [0.5, 0.6) is 0 Å². The van der Waals surface area contributed by atoms with E-state index in [-0.39, 0.29) is 18.6 Å². The maximum atomic E-state index is 12.6. The Hall–Kier alpha value is -3.05. The van der Waals surface area contributed by atoms with Crippen LogP contribution in [-0.4, -0.2) is 23.1 Å². The van der Waals surface area contributed by atoms with Crippen molar-refractivity contribution in [1.82, 2.24) is 9.88 Å². The lowest BCUT2D eigenvalue weighted by Crippen LogP contribution is -2.31. The lowest BCUT2D eigenvalue weighted by Gasteiger charge is -2.14. The van der Waals surface area contributed by atoms with Crippen LogP contribution in [0.25, 0.3) is 5.69 Å². The topological polar surface area (TPSA) is 60.3 Å². The van der Waals surface area contributed by atoms with Gasteiger partial charge in [0.25, 0.3) is 5.91 Å². The molecular weight excluding hydrogens is 400 g/mol. The van der Waals surface area contributed by atoms with Gasteiger partial charge in [0.05, 0.1) is 11.6 Å². The molecule has 0 aliphatic heterocycles. The predicted octanol–water partition coefficient (Wildman–Crippen LogP) is 5.09. The quantitative estimate of drug-likeness (QED) is 0.560. The fourth-order valence-corrected chi connectivity index (χ4v) is 3.51. The summed E-state index contributed by atoms with van der Waals surface area (Å²) in [6.45, 7) is 7.35. The molecule has 1 amide bonds. The van der Waals surface area contributed by atoms with Crippen molar-refractivity contribution in [3.05, 3.63) is 87.7 Å². The van der Waals surface area contributed by atoms with Gasteiger partial charge in [0.15, 0.2) is 6.61 Å². The summed E-state index contributed by atoms with van der Waals surface area (Å²) in [6, 6.07) is 16.9. The minimum Gasteiger partial charge on any atom is -0.452 e. The summed E-state index contributed by atoms with van der Waals surface area (Å²) in [5.74, 6) is -0.881. The summed E-state index contributed by atoms with van der Waals surface area (Å²) in [4.78, 5) is 24.8. The van der Waals surface area contributed by atoms with Gasteiger partial charge >= 0.3 is 5.97 Å². The average Bonchev–Trinajstić information content (AvgIpc) is 3.01. The predicted molar refractivity (Wildman–Crippen MR) is 118 cm³/mol. The first-order chi connectivity index (χ1) is 14.3. The number of hydrogen-bond acceptors (Lipinski definition) is 3. The number of halogens is 1. The fraction of sp³-hybridized carbons (Fsp3) is 0.250. The molecule has 156 valence electrons. The second-order valence-electron chi connectivity index (χ2n) is 7.37. The van der Waals surface area contributed by atoms with Gasteiger partial charge in [-0.2, -0.15) is 0 Å². The molecule has 0 fully saturated rings. The van der Waals surface area contributed by atoms with Crippen molar-refractivity contribution in [2.75, 3.05) is 6.61 Å². The molecule has 0 saturated heterocycles. The molecule has 0 aliphatic carbocycles. The number of nitrogens with zero attached hydrogens (tertiary/aromatic N) is 1. The zero-order valence-corrected chi connectivity index (χ0v) is 18.3. The van der Waals surface area contributed by atoms with Crippen LogP contribution >= 0.6 is 11.6 Å². The van der Waals surface area contributed by atoms with Gasteiger partial charge in [-0.3, -0.25) is 4.79 Å². The van der Waals surface area contributed by atoms with Crippen molar-refractivity contribution in [3.8, 4) is 5.69 Å². The first-order valence-corrected chi connectivity index (χ1v) is 10.1. The second kappa shape index (κ2) is 9.18. The molecule has 0 aliphatic rings. The summed E-state index contributed by atoms with van der Waals surface area (Å²) in [7, 11) is 0. The number of amides is 1. The number of carbonyl (C=O) groups excluding carboxylic acids is 2. The summed E-state index contributed by atoms with van der Waals surface area (Å²) >= 11 is 5.89. The standard InChI is InChI=1S/C24H25ClN2O3/c1-15-5-11-21(12-6-15)27-16(2)13-22(18(27)4)24(29)30-14-23(28)26-17(3)19-7-9-20(25)10-8-19/h5-13,17H,14H2,1-4H3,(H,26,28)/t17-/m0/s1. The Labute approximate surface area is 181 Å². The molecule has 30 heavy (non-hydrogen) atoms. The third-order valence-corrected chi connectivity index (χ3v) is 5.28. The van der Waals surface area contributed by atoms with Crippen LogP contribution in [0.15, 0.2) is 54.6 Å². The molecule has 1 aromatic heterocycles. The Bertz CT molecular complexity index is 1050. The van der Waals surface area contributed by atoms with Gasteiger partial charge in [0, 0.05) is 22.1 Å². The number of ether oxygens (including phenoxy) is 1. The molecule has 1 N–H and O–H groups in total. The third-order valence-electron chi connectivity index (χ3n) is 5.03. The van der Waals surface area contributed by atoms with Gasteiger partial charge in [-0.05, 0) is 63.6 Å². The first kappa shape index (κ1) is 21.7. The van der Waals surface area contributed by atoms with Gasteiger partial charge in [0.2, 0.25) is 0 Å². The van der Waals surface area contributed by atoms with Gasteiger partial charge in [-0.1, -0.05) is 41.4 Å². The Kier molecular flexibility index (Phi) is 6.63. The highest BCUT2D eigenvalue weighted by Gasteiger charge is 2.19. The third kappa shape index (κ3) is 4.92. The van der Waals surface area contributed by atoms with Gasteiger partial charge < -0.3 is 14.6 Å². The minimum absolute atomic E-state index is 0.222. The van der Waals surface area contributed by atoms with Crippen molar-refractivity contribution in [2.24, 2.45) is 0 Å². The molecule has 5 nitrogen and oxygen atoms in total. The van der Waals surface area contributed by atoms with E-state index in [1.54, 1.807) is 18.2 Å².